The van der Waals surface area contributed by atoms with Crippen LogP contribution in [0.4, 0.5) is 0 Å². The second-order valence-electron chi connectivity index (χ2n) is 12.5. The van der Waals surface area contributed by atoms with Gasteiger partial charge in [0.1, 0.15) is 0 Å². The quantitative estimate of drug-likeness (QED) is 0.204. The Kier molecular flexibility index (Phi) is 5.46. The van der Waals surface area contributed by atoms with Gasteiger partial charge in [0.05, 0.1) is 5.69 Å². The SMILES string of the molecule is CC(C)(C)c1cc2ccc3c(-c4ccc(-c5ccccn5)cc4)cc(-c4ccc5ccccc5c4)c4ccc(c1)c2c34. The number of aromatic nitrogens is 1. The van der Waals surface area contributed by atoms with Crippen LogP contribution in [0.25, 0.3) is 76.6 Å². The molecule has 200 valence electrons. The number of pyridine rings is 1. The van der Waals surface area contributed by atoms with Gasteiger partial charge in [-0.1, -0.05) is 124 Å². The lowest BCUT2D eigenvalue weighted by Crippen LogP contribution is -2.10. The van der Waals surface area contributed by atoms with Crippen LogP contribution < -0.4 is 0 Å². The first-order chi connectivity index (χ1) is 20.4. The summed E-state index contributed by atoms with van der Waals surface area (Å²) in [4.78, 5) is 4.56. The molecule has 0 fully saturated rings. The van der Waals surface area contributed by atoms with Crippen molar-refractivity contribution in [3.05, 3.63) is 139 Å². The molecule has 1 heterocycles. The van der Waals surface area contributed by atoms with Crippen LogP contribution in [-0.2, 0) is 5.41 Å². The third-order valence-electron chi connectivity index (χ3n) is 8.80. The van der Waals surface area contributed by atoms with Crippen LogP contribution >= 0.6 is 0 Å². The standard InChI is InChI=1S/C41H31N/c1-41(2,3)33-23-31-17-19-34-36(27-12-14-28(15-13-27)38-10-6-7-21-42-38)25-37(35-20-18-32(24-33)39(31)40(34)35)30-16-11-26-8-4-5-9-29(26)22-30/h4-25H,1-3H3. The number of nitrogens with zero attached hydrogens (tertiary/aromatic N) is 1. The van der Waals surface area contributed by atoms with Crippen LogP contribution in [0.5, 0.6) is 0 Å². The first-order valence-corrected chi connectivity index (χ1v) is 14.7. The highest BCUT2D eigenvalue weighted by molar-refractivity contribution is 6.28. The lowest BCUT2D eigenvalue weighted by atomic mass is 9.81. The highest BCUT2D eigenvalue weighted by Crippen LogP contribution is 2.45. The van der Waals surface area contributed by atoms with Crippen molar-refractivity contribution in [2.24, 2.45) is 0 Å². The predicted molar refractivity (Wildman–Crippen MR) is 180 cm³/mol. The number of hydrogen-bond donors (Lipinski definition) is 0. The van der Waals surface area contributed by atoms with E-state index >= 15 is 0 Å². The van der Waals surface area contributed by atoms with Crippen LogP contribution in [-0.4, -0.2) is 4.98 Å². The van der Waals surface area contributed by atoms with Crippen LogP contribution in [0.1, 0.15) is 26.3 Å². The lowest BCUT2D eigenvalue weighted by molar-refractivity contribution is 0.591. The highest BCUT2D eigenvalue weighted by atomic mass is 14.7. The molecule has 0 atom stereocenters. The fourth-order valence-corrected chi connectivity index (χ4v) is 6.54. The van der Waals surface area contributed by atoms with Crippen molar-refractivity contribution in [2.45, 2.75) is 26.2 Å². The second kappa shape index (κ2) is 9.26. The van der Waals surface area contributed by atoms with E-state index in [2.05, 4.69) is 141 Å². The lowest BCUT2D eigenvalue weighted by Gasteiger charge is -2.23. The zero-order valence-corrected chi connectivity index (χ0v) is 24.1. The molecule has 0 saturated carbocycles. The number of rotatable bonds is 3. The molecule has 42 heavy (non-hydrogen) atoms. The van der Waals surface area contributed by atoms with E-state index in [9.17, 15) is 0 Å². The largest absolute Gasteiger partial charge is 0.256 e. The molecule has 0 bridgehead atoms. The van der Waals surface area contributed by atoms with Gasteiger partial charge in [0.2, 0.25) is 0 Å². The second-order valence-corrected chi connectivity index (χ2v) is 12.5. The summed E-state index contributed by atoms with van der Waals surface area (Å²) in [6, 6.07) is 47.0. The van der Waals surface area contributed by atoms with E-state index in [-0.39, 0.29) is 5.41 Å². The summed E-state index contributed by atoms with van der Waals surface area (Å²) in [7, 11) is 0. The molecule has 0 saturated heterocycles. The fraction of sp³-hybridized carbons (Fsp3) is 0.0976. The third kappa shape index (κ3) is 3.96. The summed E-state index contributed by atoms with van der Waals surface area (Å²) in [6.07, 6.45) is 1.85. The van der Waals surface area contributed by atoms with Gasteiger partial charge in [0.15, 0.2) is 0 Å². The van der Waals surface area contributed by atoms with E-state index < -0.39 is 0 Å². The van der Waals surface area contributed by atoms with E-state index in [1.54, 1.807) is 0 Å². The number of benzene rings is 7. The van der Waals surface area contributed by atoms with E-state index in [0.29, 0.717) is 0 Å². The van der Waals surface area contributed by atoms with E-state index in [1.165, 1.54) is 70.9 Å². The Labute approximate surface area is 246 Å². The number of hydrogen-bond acceptors (Lipinski definition) is 1. The van der Waals surface area contributed by atoms with E-state index in [4.69, 9.17) is 0 Å². The average molecular weight is 538 g/mol. The first kappa shape index (κ1) is 24.8. The van der Waals surface area contributed by atoms with Gasteiger partial charge in [-0.3, -0.25) is 4.98 Å². The van der Waals surface area contributed by atoms with Crippen LogP contribution in [0.2, 0.25) is 0 Å². The van der Waals surface area contributed by atoms with Gasteiger partial charge in [0.25, 0.3) is 0 Å². The van der Waals surface area contributed by atoms with E-state index in [0.717, 1.165) is 11.3 Å². The van der Waals surface area contributed by atoms with Gasteiger partial charge in [0, 0.05) is 11.8 Å². The van der Waals surface area contributed by atoms with Crippen molar-refractivity contribution in [1.29, 1.82) is 0 Å². The molecule has 0 aliphatic heterocycles. The predicted octanol–water partition coefficient (Wildman–Crippen LogP) is 11.4. The molecule has 1 heteroatoms. The van der Waals surface area contributed by atoms with Crippen molar-refractivity contribution in [3.63, 3.8) is 0 Å². The summed E-state index contributed by atoms with van der Waals surface area (Å²) < 4.78 is 0. The van der Waals surface area contributed by atoms with Crippen molar-refractivity contribution in [3.8, 4) is 33.5 Å². The highest BCUT2D eigenvalue weighted by Gasteiger charge is 2.20. The Hall–Kier alpha value is -5.01. The first-order valence-electron chi connectivity index (χ1n) is 14.7. The molecule has 0 unspecified atom stereocenters. The molecule has 7 aromatic carbocycles. The van der Waals surface area contributed by atoms with Gasteiger partial charge in [-0.25, -0.2) is 0 Å². The molecule has 0 N–H and O–H groups in total. The third-order valence-corrected chi connectivity index (χ3v) is 8.80. The van der Waals surface area contributed by atoms with Gasteiger partial charge in [-0.05, 0) is 101 Å². The Balaban J connectivity index is 1.43. The minimum Gasteiger partial charge on any atom is -0.256 e. The zero-order chi connectivity index (χ0) is 28.4. The Morgan fingerprint density at radius 2 is 1.05 bits per heavy atom. The normalized spacial score (nSPS) is 12.2. The van der Waals surface area contributed by atoms with Crippen molar-refractivity contribution in [1.82, 2.24) is 4.98 Å². The average Bonchev–Trinajstić information content (AvgIpc) is 3.03. The molecule has 8 rings (SSSR count). The van der Waals surface area contributed by atoms with Crippen molar-refractivity contribution in [2.75, 3.05) is 0 Å². The summed E-state index contributed by atoms with van der Waals surface area (Å²) >= 11 is 0. The Bertz CT molecular complexity index is 2230. The molecule has 0 aliphatic carbocycles. The van der Waals surface area contributed by atoms with Crippen molar-refractivity contribution < 1.29 is 0 Å². The molecular weight excluding hydrogens is 506 g/mol. The molecule has 0 radical (unpaired) electrons. The van der Waals surface area contributed by atoms with Gasteiger partial charge in [-0.2, -0.15) is 0 Å². The van der Waals surface area contributed by atoms with Gasteiger partial charge >= 0.3 is 0 Å². The molecule has 0 aliphatic rings. The van der Waals surface area contributed by atoms with Crippen LogP contribution in [0.15, 0.2) is 134 Å². The smallest absolute Gasteiger partial charge is 0.0701 e. The van der Waals surface area contributed by atoms with Crippen molar-refractivity contribution >= 4 is 43.1 Å². The molecule has 0 spiro atoms. The molecule has 0 amide bonds. The molecular formula is C41H31N. The Morgan fingerprint density at radius 3 is 1.71 bits per heavy atom. The minimum absolute atomic E-state index is 0.0845. The fourth-order valence-electron chi connectivity index (χ4n) is 6.54. The molecule has 8 aromatic rings. The summed E-state index contributed by atoms with van der Waals surface area (Å²) in [5.74, 6) is 0. The monoisotopic (exact) mass is 537 g/mol. The van der Waals surface area contributed by atoms with Gasteiger partial charge < -0.3 is 0 Å². The summed E-state index contributed by atoms with van der Waals surface area (Å²) in [6.45, 7) is 6.89. The summed E-state index contributed by atoms with van der Waals surface area (Å²) in [5, 5.41) is 10.4. The number of fused-ring (bicyclic) bond motifs is 1. The maximum atomic E-state index is 4.56. The van der Waals surface area contributed by atoms with Crippen LogP contribution in [0, 0.1) is 0 Å². The zero-order valence-electron chi connectivity index (χ0n) is 24.1. The maximum Gasteiger partial charge on any atom is 0.0701 e. The summed E-state index contributed by atoms with van der Waals surface area (Å²) in [5.41, 5.74) is 8.56. The molecule has 1 nitrogen and oxygen atoms in total. The van der Waals surface area contributed by atoms with Crippen LogP contribution in [0.3, 0.4) is 0 Å². The topological polar surface area (TPSA) is 12.9 Å². The van der Waals surface area contributed by atoms with E-state index in [1.807, 2.05) is 18.3 Å². The van der Waals surface area contributed by atoms with Gasteiger partial charge in [-0.15, -0.1) is 0 Å². The minimum atomic E-state index is 0.0845. The Morgan fingerprint density at radius 1 is 0.452 bits per heavy atom. The molecule has 1 aromatic heterocycles. The maximum absolute atomic E-state index is 4.56.